The molecule has 0 unspecified atom stereocenters. The highest BCUT2D eigenvalue weighted by atomic mass is 19.1. The Morgan fingerprint density at radius 1 is 1.32 bits per heavy atom. The van der Waals surface area contributed by atoms with E-state index < -0.39 is 23.4 Å². The topological polar surface area (TPSA) is 69.8 Å². The van der Waals surface area contributed by atoms with E-state index in [2.05, 4.69) is 20.8 Å². The Kier molecular flexibility index (Phi) is 3.74. The molecule has 0 aliphatic rings. The van der Waals surface area contributed by atoms with Crippen molar-refractivity contribution in [3.8, 4) is 0 Å². The van der Waals surface area contributed by atoms with Gasteiger partial charge in [0, 0.05) is 6.07 Å². The van der Waals surface area contributed by atoms with Crippen LogP contribution in [0.1, 0.15) is 12.5 Å². The molecule has 0 saturated carbocycles. The SMILES string of the molecule is CCc1ccc(F)c(NC(=O)Nc2ccn[nH]2)c1F. The van der Waals surface area contributed by atoms with Gasteiger partial charge in [-0.1, -0.05) is 13.0 Å². The second-order valence-electron chi connectivity index (χ2n) is 3.80. The highest BCUT2D eigenvalue weighted by molar-refractivity contribution is 5.99. The average Bonchev–Trinajstić information content (AvgIpc) is 2.87. The second-order valence-corrected chi connectivity index (χ2v) is 3.80. The van der Waals surface area contributed by atoms with Crippen molar-refractivity contribution in [2.75, 3.05) is 10.6 Å². The van der Waals surface area contributed by atoms with Gasteiger partial charge in [-0.05, 0) is 18.1 Å². The first kappa shape index (κ1) is 13.0. The third-order valence-corrected chi connectivity index (χ3v) is 2.54. The number of H-pyrrole nitrogens is 1. The monoisotopic (exact) mass is 266 g/mol. The van der Waals surface area contributed by atoms with Crippen molar-refractivity contribution in [2.24, 2.45) is 0 Å². The predicted octanol–water partition coefficient (Wildman–Crippen LogP) is 2.89. The molecular weight excluding hydrogens is 254 g/mol. The van der Waals surface area contributed by atoms with Gasteiger partial charge in [0.1, 0.15) is 17.3 Å². The summed E-state index contributed by atoms with van der Waals surface area (Å²) in [6.07, 6.45) is 1.84. The maximum atomic E-state index is 13.9. The molecule has 0 bridgehead atoms. The zero-order valence-corrected chi connectivity index (χ0v) is 10.1. The van der Waals surface area contributed by atoms with Crippen LogP contribution in [0.25, 0.3) is 0 Å². The van der Waals surface area contributed by atoms with Gasteiger partial charge in [-0.3, -0.25) is 10.4 Å². The number of carbonyl (C=O) groups excluding carboxylic acids is 1. The van der Waals surface area contributed by atoms with Gasteiger partial charge in [-0.25, -0.2) is 13.6 Å². The molecular formula is C12H12F2N4O. The number of aryl methyl sites for hydroxylation is 1. The van der Waals surface area contributed by atoms with E-state index in [4.69, 9.17) is 0 Å². The van der Waals surface area contributed by atoms with E-state index in [1.54, 1.807) is 6.92 Å². The molecule has 1 aromatic carbocycles. The van der Waals surface area contributed by atoms with Crippen LogP contribution in [0.4, 0.5) is 25.1 Å². The molecule has 3 N–H and O–H groups in total. The lowest BCUT2D eigenvalue weighted by Crippen LogP contribution is -2.21. The van der Waals surface area contributed by atoms with E-state index in [-0.39, 0.29) is 0 Å². The van der Waals surface area contributed by atoms with E-state index in [1.165, 1.54) is 18.3 Å². The average molecular weight is 266 g/mol. The Balaban J connectivity index is 2.16. The molecule has 0 fully saturated rings. The fraction of sp³-hybridized carbons (Fsp3) is 0.167. The summed E-state index contributed by atoms with van der Waals surface area (Å²) in [5, 5.41) is 10.6. The van der Waals surface area contributed by atoms with Gasteiger partial charge in [0.25, 0.3) is 0 Å². The van der Waals surface area contributed by atoms with Crippen LogP contribution in [0.5, 0.6) is 0 Å². The number of rotatable bonds is 3. The fourth-order valence-electron chi connectivity index (χ4n) is 1.58. The summed E-state index contributed by atoms with van der Waals surface area (Å²) in [5.41, 5.74) is -0.130. The number of halogens is 2. The first-order valence-electron chi connectivity index (χ1n) is 5.66. The largest absolute Gasteiger partial charge is 0.324 e. The quantitative estimate of drug-likeness (QED) is 0.799. The minimum Gasteiger partial charge on any atom is -0.303 e. The summed E-state index contributed by atoms with van der Waals surface area (Å²) >= 11 is 0. The van der Waals surface area contributed by atoms with Crippen molar-refractivity contribution in [2.45, 2.75) is 13.3 Å². The van der Waals surface area contributed by atoms with Crippen molar-refractivity contribution in [3.05, 3.63) is 41.6 Å². The molecule has 2 rings (SSSR count). The van der Waals surface area contributed by atoms with E-state index in [1.807, 2.05) is 0 Å². The molecule has 19 heavy (non-hydrogen) atoms. The van der Waals surface area contributed by atoms with Crippen molar-refractivity contribution in [1.29, 1.82) is 0 Å². The van der Waals surface area contributed by atoms with Gasteiger partial charge in [-0.2, -0.15) is 5.10 Å². The van der Waals surface area contributed by atoms with E-state index in [9.17, 15) is 13.6 Å². The number of aromatic amines is 1. The Hall–Kier alpha value is -2.44. The summed E-state index contributed by atoms with van der Waals surface area (Å²) in [5.74, 6) is -1.26. The van der Waals surface area contributed by atoms with Gasteiger partial charge in [0.2, 0.25) is 0 Å². The van der Waals surface area contributed by atoms with Crippen LogP contribution >= 0.6 is 0 Å². The number of hydrogen-bond donors (Lipinski definition) is 3. The number of carbonyl (C=O) groups is 1. The lowest BCUT2D eigenvalue weighted by atomic mass is 10.1. The van der Waals surface area contributed by atoms with Crippen LogP contribution in [-0.2, 0) is 6.42 Å². The number of amides is 2. The Bertz CT molecular complexity index is 584. The molecule has 0 atom stereocenters. The van der Waals surface area contributed by atoms with Gasteiger partial charge in [-0.15, -0.1) is 0 Å². The van der Waals surface area contributed by atoms with Crippen LogP contribution in [0.3, 0.4) is 0 Å². The first-order chi connectivity index (χ1) is 9.11. The van der Waals surface area contributed by atoms with Gasteiger partial charge >= 0.3 is 6.03 Å². The number of hydrogen-bond acceptors (Lipinski definition) is 2. The number of nitrogens with one attached hydrogen (secondary N) is 3. The van der Waals surface area contributed by atoms with Crippen LogP contribution in [0, 0.1) is 11.6 Å². The molecule has 1 heterocycles. The fourth-order valence-corrected chi connectivity index (χ4v) is 1.58. The van der Waals surface area contributed by atoms with Crippen LogP contribution < -0.4 is 10.6 Å². The van der Waals surface area contributed by atoms with E-state index in [0.29, 0.717) is 17.8 Å². The molecule has 0 saturated heterocycles. The van der Waals surface area contributed by atoms with Crippen molar-refractivity contribution in [1.82, 2.24) is 10.2 Å². The number of anilines is 2. The number of benzene rings is 1. The molecule has 0 aliphatic heterocycles. The highest BCUT2D eigenvalue weighted by Crippen LogP contribution is 2.22. The smallest absolute Gasteiger partial charge is 0.303 e. The van der Waals surface area contributed by atoms with E-state index in [0.717, 1.165) is 6.07 Å². The summed E-state index contributed by atoms with van der Waals surface area (Å²) < 4.78 is 27.4. The summed E-state index contributed by atoms with van der Waals surface area (Å²) in [4.78, 5) is 11.6. The van der Waals surface area contributed by atoms with Gasteiger partial charge in [0.15, 0.2) is 5.82 Å². The van der Waals surface area contributed by atoms with Crippen molar-refractivity contribution in [3.63, 3.8) is 0 Å². The number of nitrogens with zero attached hydrogens (tertiary/aromatic N) is 1. The predicted molar refractivity (Wildman–Crippen MR) is 67.0 cm³/mol. The second kappa shape index (κ2) is 5.47. The molecule has 1 aromatic heterocycles. The normalized spacial score (nSPS) is 10.3. The van der Waals surface area contributed by atoms with Crippen LogP contribution in [0.15, 0.2) is 24.4 Å². The molecule has 5 nitrogen and oxygen atoms in total. The number of urea groups is 1. The Labute approximate surface area is 108 Å². The summed E-state index contributed by atoms with van der Waals surface area (Å²) in [6, 6.07) is 3.22. The molecule has 100 valence electrons. The van der Waals surface area contributed by atoms with Crippen LogP contribution in [-0.4, -0.2) is 16.2 Å². The van der Waals surface area contributed by atoms with Gasteiger partial charge in [0.05, 0.1) is 6.20 Å². The van der Waals surface area contributed by atoms with Crippen molar-refractivity contribution >= 4 is 17.5 Å². The standard InChI is InChI=1S/C12H12F2N4O/c1-2-7-3-4-8(13)11(10(7)14)17-12(19)16-9-5-6-15-18-9/h3-6H,2H2,1H3,(H3,15,16,17,18,19). The summed E-state index contributed by atoms with van der Waals surface area (Å²) in [6.45, 7) is 1.74. The third-order valence-electron chi connectivity index (χ3n) is 2.54. The zero-order valence-electron chi connectivity index (χ0n) is 10.1. The molecule has 0 aliphatic carbocycles. The minimum atomic E-state index is -0.825. The Morgan fingerprint density at radius 3 is 2.74 bits per heavy atom. The molecule has 7 heteroatoms. The number of aromatic nitrogens is 2. The maximum absolute atomic E-state index is 13.9. The maximum Gasteiger partial charge on any atom is 0.324 e. The lowest BCUT2D eigenvalue weighted by Gasteiger charge is -2.10. The van der Waals surface area contributed by atoms with E-state index >= 15 is 0 Å². The lowest BCUT2D eigenvalue weighted by molar-refractivity contribution is 0.262. The van der Waals surface area contributed by atoms with Crippen LogP contribution in [0.2, 0.25) is 0 Å². The van der Waals surface area contributed by atoms with Gasteiger partial charge < -0.3 is 5.32 Å². The third kappa shape index (κ3) is 2.87. The zero-order chi connectivity index (χ0) is 13.8. The minimum absolute atomic E-state index is 0.324. The summed E-state index contributed by atoms with van der Waals surface area (Å²) in [7, 11) is 0. The molecule has 2 amide bonds. The highest BCUT2D eigenvalue weighted by Gasteiger charge is 2.15. The Morgan fingerprint density at radius 2 is 2.11 bits per heavy atom. The molecule has 0 radical (unpaired) electrons. The van der Waals surface area contributed by atoms with Crippen molar-refractivity contribution < 1.29 is 13.6 Å². The first-order valence-corrected chi connectivity index (χ1v) is 5.66. The molecule has 2 aromatic rings. The molecule has 0 spiro atoms.